The molecule has 5 nitrogen and oxygen atoms in total. The maximum absolute atomic E-state index is 12.6. The molecule has 5 heteroatoms. The minimum absolute atomic E-state index is 0.0102. The normalized spacial score (nSPS) is 11.5. The highest BCUT2D eigenvalue weighted by Gasteiger charge is 2.25. The van der Waals surface area contributed by atoms with Gasteiger partial charge in [-0.15, -0.1) is 0 Å². The van der Waals surface area contributed by atoms with E-state index in [2.05, 4.69) is 5.32 Å². The average molecular weight is 383 g/mol. The topological polar surface area (TPSA) is 58.6 Å². The first kappa shape index (κ1) is 21.5. The predicted molar refractivity (Wildman–Crippen MR) is 111 cm³/mol. The van der Waals surface area contributed by atoms with Crippen molar-refractivity contribution in [2.45, 2.75) is 45.7 Å². The quantitative estimate of drug-likeness (QED) is 0.683. The smallest absolute Gasteiger partial charge is 0.242 e. The highest BCUT2D eigenvalue weighted by atomic mass is 16.5. The molecule has 2 aromatic rings. The molecule has 0 heterocycles. The molecule has 0 spiro atoms. The van der Waals surface area contributed by atoms with Gasteiger partial charge >= 0.3 is 0 Å². The molecule has 2 aromatic carbocycles. The molecular weight excluding hydrogens is 352 g/mol. The van der Waals surface area contributed by atoms with E-state index in [9.17, 15) is 9.59 Å². The van der Waals surface area contributed by atoms with Crippen LogP contribution in [-0.4, -0.2) is 36.4 Å². The number of amides is 2. The van der Waals surface area contributed by atoms with E-state index in [-0.39, 0.29) is 11.8 Å². The Morgan fingerprint density at radius 2 is 1.71 bits per heavy atom. The van der Waals surface area contributed by atoms with Gasteiger partial charge in [-0.2, -0.15) is 0 Å². The molecule has 1 atom stereocenters. The van der Waals surface area contributed by atoms with Gasteiger partial charge in [0.05, 0.1) is 7.11 Å². The second-order valence-electron chi connectivity index (χ2n) is 6.82. The van der Waals surface area contributed by atoms with E-state index >= 15 is 0 Å². The lowest BCUT2D eigenvalue weighted by Crippen LogP contribution is -2.47. The molecule has 0 fully saturated rings. The van der Waals surface area contributed by atoms with Crippen LogP contribution in [0.25, 0.3) is 0 Å². The van der Waals surface area contributed by atoms with Crippen LogP contribution >= 0.6 is 0 Å². The number of carbonyl (C=O) groups is 2. The molecule has 0 aromatic heterocycles. The minimum atomic E-state index is -0.531. The second-order valence-corrected chi connectivity index (χ2v) is 6.82. The number of hydrogen-bond acceptors (Lipinski definition) is 3. The van der Waals surface area contributed by atoms with Crippen molar-refractivity contribution in [1.29, 1.82) is 0 Å². The van der Waals surface area contributed by atoms with E-state index in [1.165, 1.54) is 5.56 Å². The van der Waals surface area contributed by atoms with E-state index in [1.54, 1.807) is 18.9 Å². The Labute approximate surface area is 167 Å². The average Bonchev–Trinajstić information content (AvgIpc) is 2.72. The minimum Gasteiger partial charge on any atom is -0.497 e. The van der Waals surface area contributed by atoms with Gasteiger partial charge in [0, 0.05) is 19.5 Å². The summed E-state index contributed by atoms with van der Waals surface area (Å²) in [6.45, 7) is 4.70. The maximum Gasteiger partial charge on any atom is 0.242 e. The summed E-state index contributed by atoms with van der Waals surface area (Å²) in [5.74, 6) is 0.625. The van der Waals surface area contributed by atoms with Crippen LogP contribution in [0.5, 0.6) is 5.75 Å². The zero-order valence-corrected chi connectivity index (χ0v) is 17.0. The molecule has 0 saturated heterocycles. The third-order valence-electron chi connectivity index (χ3n) is 4.70. The van der Waals surface area contributed by atoms with Crippen molar-refractivity contribution in [1.82, 2.24) is 10.2 Å². The fraction of sp³-hybridized carbons (Fsp3) is 0.391. The predicted octanol–water partition coefficient (Wildman–Crippen LogP) is 3.57. The van der Waals surface area contributed by atoms with Gasteiger partial charge in [-0.3, -0.25) is 9.59 Å². The lowest BCUT2D eigenvalue weighted by atomic mass is 10.1. The van der Waals surface area contributed by atoms with Crippen molar-refractivity contribution in [3.05, 3.63) is 65.7 Å². The van der Waals surface area contributed by atoms with Gasteiger partial charge in [0.15, 0.2) is 0 Å². The summed E-state index contributed by atoms with van der Waals surface area (Å²) in [4.78, 5) is 26.9. The lowest BCUT2D eigenvalue weighted by molar-refractivity contribution is -0.140. The van der Waals surface area contributed by atoms with Crippen molar-refractivity contribution >= 4 is 11.8 Å². The summed E-state index contributed by atoms with van der Waals surface area (Å²) in [5, 5.41) is 2.96. The van der Waals surface area contributed by atoms with E-state index < -0.39 is 6.04 Å². The van der Waals surface area contributed by atoms with Gasteiger partial charge in [0.2, 0.25) is 11.8 Å². The van der Waals surface area contributed by atoms with Crippen molar-refractivity contribution in [2.24, 2.45) is 0 Å². The van der Waals surface area contributed by atoms with Crippen molar-refractivity contribution in [2.75, 3.05) is 13.7 Å². The Morgan fingerprint density at radius 1 is 1.04 bits per heavy atom. The van der Waals surface area contributed by atoms with Crippen molar-refractivity contribution in [3.8, 4) is 5.75 Å². The Kier molecular flexibility index (Phi) is 8.53. The molecule has 0 aliphatic heterocycles. The Hall–Kier alpha value is -2.82. The van der Waals surface area contributed by atoms with Crippen LogP contribution in [-0.2, 0) is 22.6 Å². The monoisotopic (exact) mass is 382 g/mol. The molecule has 0 bridgehead atoms. The summed E-state index contributed by atoms with van der Waals surface area (Å²) in [7, 11) is 1.62. The molecule has 0 aliphatic rings. The zero-order chi connectivity index (χ0) is 20.4. The molecule has 2 amide bonds. The van der Waals surface area contributed by atoms with Gasteiger partial charge in [-0.25, -0.2) is 0 Å². The molecule has 2 rings (SSSR count). The number of carbonyl (C=O) groups excluding carboxylic acids is 2. The molecular formula is C23H30N2O3. The maximum atomic E-state index is 12.6. The first-order valence-corrected chi connectivity index (χ1v) is 9.79. The standard InChI is InChI=1S/C23H30N2O3/c1-4-8-22(26)25(17-20-11-13-21(28-3)14-12-20)18(2)23(27)24-16-15-19-9-6-5-7-10-19/h5-7,9-14,18H,4,8,15-17H2,1-3H3,(H,24,27)/t18-/m0/s1. The van der Waals surface area contributed by atoms with Crippen LogP contribution in [0.4, 0.5) is 0 Å². The highest BCUT2D eigenvalue weighted by Crippen LogP contribution is 2.16. The lowest BCUT2D eigenvalue weighted by Gasteiger charge is -2.29. The SMILES string of the molecule is CCCC(=O)N(Cc1ccc(OC)cc1)[C@@H](C)C(=O)NCCc1ccccc1. The van der Waals surface area contributed by atoms with Gasteiger partial charge in [-0.05, 0) is 43.0 Å². The summed E-state index contributed by atoms with van der Waals surface area (Å²) in [6, 6.07) is 17.1. The highest BCUT2D eigenvalue weighted by molar-refractivity contribution is 5.87. The Bertz CT molecular complexity index is 744. The second kappa shape index (κ2) is 11.1. The van der Waals surface area contributed by atoms with Crippen LogP contribution in [0.1, 0.15) is 37.8 Å². The number of ether oxygens (including phenoxy) is 1. The molecule has 0 saturated carbocycles. The van der Waals surface area contributed by atoms with E-state index in [1.807, 2.05) is 61.5 Å². The molecule has 1 N–H and O–H groups in total. The Balaban J connectivity index is 1.99. The third-order valence-corrected chi connectivity index (χ3v) is 4.70. The molecule has 28 heavy (non-hydrogen) atoms. The summed E-state index contributed by atoms with van der Waals surface area (Å²) >= 11 is 0. The van der Waals surface area contributed by atoms with E-state index in [0.29, 0.717) is 19.5 Å². The third kappa shape index (κ3) is 6.41. The van der Waals surface area contributed by atoms with Crippen molar-refractivity contribution in [3.63, 3.8) is 0 Å². The van der Waals surface area contributed by atoms with E-state index in [4.69, 9.17) is 4.74 Å². The molecule has 0 aliphatic carbocycles. The van der Waals surface area contributed by atoms with Gasteiger partial charge in [0.1, 0.15) is 11.8 Å². The van der Waals surface area contributed by atoms with E-state index in [0.717, 1.165) is 24.2 Å². The van der Waals surface area contributed by atoms with Gasteiger partial charge in [-0.1, -0.05) is 49.4 Å². The molecule has 0 radical (unpaired) electrons. The van der Waals surface area contributed by atoms with Crippen LogP contribution in [0.15, 0.2) is 54.6 Å². The first-order valence-electron chi connectivity index (χ1n) is 9.79. The van der Waals surface area contributed by atoms with Crippen LogP contribution in [0, 0.1) is 0 Å². The fourth-order valence-corrected chi connectivity index (χ4v) is 2.99. The summed E-state index contributed by atoms with van der Waals surface area (Å²) in [5.41, 5.74) is 2.14. The number of hydrogen-bond donors (Lipinski definition) is 1. The van der Waals surface area contributed by atoms with Crippen molar-refractivity contribution < 1.29 is 14.3 Å². The van der Waals surface area contributed by atoms with Crippen LogP contribution in [0.3, 0.4) is 0 Å². The van der Waals surface area contributed by atoms with Gasteiger partial charge in [0.25, 0.3) is 0 Å². The number of rotatable bonds is 10. The van der Waals surface area contributed by atoms with Crippen LogP contribution < -0.4 is 10.1 Å². The van der Waals surface area contributed by atoms with Gasteiger partial charge < -0.3 is 15.0 Å². The zero-order valence-electron chi connectivity index (χ0n) is 17.0. The number of benzene rings is 2. The number of nitrogens with zero attached hydrogens (tertiary/aromatic N) is 1. The number of methoxy groups -OCH3 is 1. The Morgan fingerprint density at radius 3 is 2.32 bits per heavy atom. The first-order chi connectivity index (χ1) is 13.5. The van der Waals surface area contributed by atoms with Crippen LogP contribution in [0.2, 0.25) is 0 Å². The largest absolute Gasteiger partial charge is 0.497 e. The molecule has 0 unspecified atom stereocenters. The number of nitrogens with one attached hydrogen (secondary N) is 1. The summed E-state index contributed by atoms with van der Waals surface area (Å²) in [6.07, 6.45) is 1.94. The summed E-state index contributed by atoms with van der Waals surface area (Å²) < 4.78 is 5.18. The fourth-order valence-electron chi connectivity index (χ4n) is 2.99. The molecule has 150 valence electrons.